The number of carbonyl (C=O) groups excluding carboxylic acids is 2. The molecule has 8 nitrogen and oxygen atoms in total. The Hall–Kier alpha value is -2.61. The lowest BCUT2D eigenvalue weighted by atomic mass is 9.71. The Morgan fingerprint density at radius 3 is 2.47 bits per heavy atom. The van der Waals surface area contributed by atoms with Gasteiger partial charge in [-0.05, 0) is 62.7 Å². The largest absolute Gasteiger partial charge is 0.370 e. The first-order chi connectivity index (χ1) is 14.5. The van der Waals surface area contributed by atoms with E-state index in [0.29, 0.717) is 11.8 Å². The lowest BCUT2D eigenvalue weighted by molar-refractivity contribution is -0.135. The molecule has 3 aliphatic rings. The summed E-state index contributed by atoms with van der Waals surface area (Å²) in [6, 6.07) is 5.31. The molecule has 2 N–H and O–H groups in total. The van der Waals surface area contributed by atoms with Crippen LogP contribution in [-0.2, 0) is 16.6 Å². The number of aromatic nitrogens is 2. The number of amides is 2. The number of para-hydroxylation sites is 1. The summed E-state index contributed by atoms with van der Waals surface area (Å²) >= 11 is 0. The SMILES string of the molecule is Cn1c(=O)n([C@@H]2CCC(=O)NC2=O)c2cccc(N3CCC4(CCNCC4)CC3)c21. The van der Waals surface area contributed by atoms with E-state index in [1.165, 1.54) is 25.7 Å². The number of nitrogens with zero attached hydrogens (tertiary/aromatic N) is 3. The van der Waals surface area contributed by atoms with Crippen LogP contribution in [-0.4, -0.2) is 47.1 Å². The molecule has 1 atom stereocenters. The highest BCUT2D eigenvalue weighted by atomic mass is 16.2. The number of rotatable bonds is 2. The number of nitrogens with one attached hydrogen (secondary N) is 2. The van der Waals surface area contributed by atoms with Gasteiger partial charge in [0.15, 0.2) is 0 Å². The van der Waals surface area contributed by atoms with Gasteiger partial charge in [0.05, 0.1) is 16.7 Å². The first-order valence-electron chi connectivity index (χ1n) is 11.0. The quantitative estimate of drug-likeness (QED) is 0.727. The van der Waals surface area contributed by atoms with Crippen LogP contribution in [0.1, 0.15) is 44.6 Å². The van der Waals surface area contributed by atoms with Crippen LogP contribution in [0.5, 0.6) is 0 Å². The van der Waals surface area contributed by atoms with Gasteiger partial charge in [-0.2, -0.15) is 0 Å². The molecule has 2 amide bonds. The van der Waals surface area contributed by atoms with Crippen LogP contribution in [0.4, 0.5) is 5.69 Å². The lowest BCUT2D eigenvalue weighted by Crippen LogP contribution is -2.45. The maximum Gasteiger partial charge on any atom is 0.329 e. The fourth-order valence-electron chi connectivity index (χ4n) is 5.58. The van der Waals surface area contributed by atoms with Crippen LogP contribution in [0.3, 0.4) is 0 Å². The molecule has 8 heteroatoms. The van der Waals surface area contributed by atoms with E-state index in [0.717, 1.165) is 42.9 Å². The van der Waals surface area contributed by atoms with Crippen LogP contribution in [0.15, 0.2) is 23.0 Å². The first-order valence-corrected chi connectivity index (χ1v) is 11.0. The predicted molar refractivity (Wildman–Crippen MR) is 115 cm³/mol. The summed E-state index contributed by atoms with van der Waals surface area (Å²) in [4.78, 5) is 39.5. The van der Waals surface area contributed by atoms with Gasteiger partial charge in [-0.3, -0.25) is 24.0 Å². The fraction of sp³-hybridized carbons (Fsp3) is 0.591. The van der Waals surface area contributed by atoms with Crippen molar-refractivity contribution in [2.45, 2.75) is 44.6 Å². The van der Waals surface area contributed by atoms with Crippen molar-refractivity contribution >= 4 is 28.5 Å². The van der Waals surface area contributed by atoms with Crippen molar-refractivity contribution < 1.29 is 9.59 Å². The number of carbonyl (C=O) groups is 2. The van der Waals surface area contributed by atoms with Gasteiger partial charge in [-0.1, -0.05) is 6.07 Å². The van der Waals surface area contributed by atoms with E-state index in [9.17, 15) is 14.4 Å². The second kappa shape index (κ2) is 7.27. The molecule has 4 heterocycles. The molecule has 2 aromatic rings. The third kappa shape index (κ3) is 3.05. The van der Waals surface area contributed by atoms with Crippen LogP contribution in [0.2, 0.25) is 0 Å². The molecule has 30 heavy (non-hydrogen) atoms. The lowest BCUT2D eigenvalue weighted by Gasteiger charge is -2.45. The van der Waals surface area contributed by atoms with Crippen molar-refractivity contribution in [3.05, 3.63) is 28.7 Å². The number of anilines is 1. The number of benzene rings is 1. The summed E-state index contributed by atoms with van der Waals surface area (Å²) < 4.78 is 3.22. The highest BCUT2D eigenvalue weighted by Crippen LogP contribution is 2.41. The minimum Gasteiger partial charge on any atom is -0.370 e. The molecule has 3 fully saturated rings. The van der Waals surface area contributed by atoms with E-state index in [-0.39, 0.29) is 18.0 Å². The summed E-state index contributed by atoms with van der Waals surface area (Å²) in [5, 5.41) is 5.85. The highest BCUT2D eigenvalue weighted by molar-refractivity contribution is 6.00. The molecular weight excluding hydrogens is 382 g/mol. The summed E-state index contributed by atoms with van der Waals surface area (Å²) in [5.41, 5.74) is 2.94. The molecule has 0 unspecified atom stereocenters. The summed E-state index contributed by atoms with van der Waals surface area (Å²) in [6.07, 6.45) is 5.45. The average Bonchev–Trinajstić information content (AvgIpc) is 3.00. The van der Waals surface area contributed by atoms with Crippen molar-refractivity contribution in [1.82, 2.24) is 19.8 Å². The second-order valence-corrected chi connectivity index (χ2v) is 9.06. The molecule has 1 aromatic heterocycles. The van der Waals surface area contributed by atoms with Crippen molar-refractivity contribution in [2.24, 2.45) is 12.5 Å². The summed E-state index contributed by atoms with van der Waals surface area (Å²) in [5.74, 6) is -0.664. The maximum atomic E-state index is 13.1. The van der Waals surface area contributed by atoms with E-state index < -0.39 is 11.9 Å². The molecule has 1 spiro atoms. The van der Waals surface area contributed by atoms with Gasteiger partial charge >= 0.3 is 5.69 Å². The zero-order valence-corrected chi connectivity index (χ0v) is 17.4. The topological polar surface area (TPSA) is 88.4 Å². The van der Waals surface area contributed by atoms with Gasteiger partial charge < -0.3 is 10.2 Å². The Kier molecular flexibility index (Phi) is 4.69. The number of hydrogen-bond donors (Lipinski definition) is 2. The summed E-state index contributed by atoms with van der Waals surface area (Å²) in [6.45, 7) is 4.19. The predicted octanol–water partition coefficient (Wildman–Crippen LogP) is 1.29. The van der Waals surface area contributed by atoms with E-state index in [2.05, 4.69) is 21.6 Å². The minimum atomic E-state index is -0.645. The Labute approximate surface area is 175 Å². The average molecular weight is 412 g/mol. The molecule has 3 aliphatic heterocycles. The van der Waals surface area contributed by atoms with E-state index >= 15 is 0 Å². The number of imidazole rings is 1. The molecule has 0 saturated carbocycles. The minimum absolute atomic E-state index is 0.209. The van der Waals surface area contributed by atoms with Gasteiger partial charge in [0.2, 0.25) is 11.8 Å². The van der Waals surface area contributed by atoms with Gasteiger partial charge in [0, 0.05) is 26.6 Å². The molecule has 1 aromatic carbocycles. The number of hydrogen-bond acceptors (Lipinski definition) is 5. The number of piperidine rings is 3. The molecule has 5 rings (SSSR count). The highest BCUT2D eigenvalue weighted by Gasteiger charge is 2.37. The normalized spacial score (nSPS) is 24.4. The molecule has 160 valence electrons. The van der Waals surface area contributed by atoms with Crippen molar-refractivity contribution in [3.8, 4) is 0 Å². The van der Waals surface area contributed by atoms with Gasteiger partial charge in [-0.15, -0.1) is 0 Å². The Bertz CT molecular complexity index is 1050. The van der Waals surface area contributed by atoms with Crippen LogP contribution in [0, 0.1) is 5.41 Å². The molecule has 0 aliphatic carbocycles. The Balaban J connectivity index is 1.50. The standard InChI is InChI=1S/C22H29N5O3/c1-25-19-15(26-13-9-22(10-14-26)7-11-23-12-8-22)3-2-4-16(19)27(21(25)30)17-5-6-18(28)24-20(17)29/h2-4,17,23H,5-14H2,1H3,(H,24,28,29)/t17-/m1/s1. The smallest absolute Gasteiger partial charge is 0.329 e. The van der Waals surface area contributed by atoms with E-state index in [1.807, 2.05) is 12.1 Å². The van der Waals surface area contributed by atoms with Gasteiger partial charge in [0.25, 0.3) is 0 Å². The third-order valence-corrected chi connectivity index (χ3v) is 7.43. The Morgan fingerprint density at radius 1 is 1.03 bits per heavy atom. The summed E-state index contributed by atoms with van der Waals surface area (Å²) in [7, 11) is 1.77. The fourth-order valence-corrected chi connectivity index (χ4v) is 5.58. The van der Waals surface area contributed by atoms with Crippen LogP contribution < -0.4 is 21.2 Å². The monoisotopic (exact) mass is 411 g/mol. The van der Waals surface area contributed by atoms with Gasteiger partial charge in [0.1, 0.15) is 6.04 Å². The van der Waals surface area contributed by atoms with Crippen LogP contribution in [0.25, 0.3) is 11.0 Å². The van der Waals surface area contributed by atoms with Crippen LogP contribution >= 0.6 is 0 Å². The number of fused-ring (bicyclic) bond motifs is 1. The first kappa shape index (κ1) is 19.4. The molecule has 3 saturated heterocycles. The number of aryl methyl sites for hydroxylation is 1. The van der Waals surface area contributed by atoms with Crippen molar-refractivity contribution in [3.63, 3.8) is 0 Å². The third-order valence-electron chi connectivity index (χ3n) is 7.43. The van der Waals surface area contributed by atoms with E-state index in [4.69, 9.17) is 0 Å². The second-order valence-electron chi connectivity index (χ2n) is 9.06. The van der Waals surface area contributed by atoms with Crippen molar-refractivity contribution in [2.75, 3.05) is 31.1 Å². The van der Waals surface area contributed by atoms with Crippen molar-refractivity contribution in [1.29, 1.82) is 0 Å². The molecule has 0 radical (unpaired) electrons. The zero-order valence-electron chi connectivity index (χ0n) is 17.4. The maximum absolute atomic E-state index is 13.1. The zero-order chi connectivity index (χ0) is 20.9. The molecular formula is C22H29N5O3. The van der Waals surface area contributed by atoms with Gasteiger partial charge in [-0.25, -0.2) is 4.79 Å². The number of imide groups is 1. The van der Waals surface area contributed by atoms with E-state index in [1.54, 1.807) is 16.2 Å². The molecule has 0 bridgehead atoms. The Morgan fingerprint density at radius 2 is 1.77 bits per heavy atom.